The van der Waals surface area contributed by atoms with Crippen molar-refractivity contribution in [2.75, 3.05) is 7.11 Å². The maximum atomic E-state index is 12.2. The van der Waals surface area contributed by atoms with Crippen LogP contribution in [0.25, 0.3) is 0 Å². The third-order valence-electron chi connectivity index (χ3n) is 2.74. The predicted molar refractivity (Wildman–Crippen MR) is 74.0 cm³/mol. The van der Waals surface area contributed by atoms with Gasteiger partial charge in [0.05, 0.1) is 12.5 Å². The summed E-state index contributed by atoms with van der Waals surface area (Å²) in [6.45, 7) is -2.86. The predicted octanol–water partition coefficient (Wildman–Crippen LogP) is 3.61. The Hall–Kier alpha value is -1.95. The Labute approximate surface area is 125 Å². The van der Waals surface area contributed by atoms with Crippen molar-refractivity contribution in [3.8, 4) is 11.6 Å². The van der Waals surface area contributed by atoms with Gasteiger partial charge in [0.1, 0.15) is 12.1 Å². The largest absolute Gasteiger partial charge is 0.481 e. The lowest BCUT2D eigenvalue weighted by atomic mass is 10.1. The van der Waals surface area contributed by atoms with Crippen molar-refractivity contribution in [2.45, 2.75) is 18.4 Å². The van der Waals surface area contributed by atoms with Crippen molar-refractivity contribution in [3.05, 3.63) is 47.9 Å². The average molecular weight is 315 g/mol. The van der Waals surface area contributed by atoms with Gasteiger partial charge >= 0.3 is 6.61 Å². The van der Waals surface area contributed by atoms with E-state index >= 15 is 0 Å². The molecular formula is C14H13ClF2N2O2. The van der Waals surface area contributed by atoms with Gasteiger partial charge in [-0.1, -0.05) is 12.1 Å². The highest BCUT2D eigenvalue weighted by Gasteiger charge is 2.13. The van der Waals surface area contributed by atoms with Crippen LogP contribution in [0.2, 0.25) is 0 Å². The zero-order valence-corrected chi connectivity index (χ0v) is 11.9. The molecule has 1 aromatic carbocycles. The first kappa shape index (κ1) is 15.4. The normalized spacial score (nSPS) is 12.2. The third kappa shape index (κ3) is 4.53. The number of aromatic nitrogens is 2. The Kier molecular flexibility index (Phi) is 5.27. The number of nitrogens with zero attached hydrogens (tertiary/aromatic N) is 2. The second-order valence-corrected chi connectivity index (χ2v) is 4.70. The molecular weight excluding hydrogens is 302 g/mol. The van der Waals surface area contributed by atoms with E-state index in [-0.39, 0.29) is 5.75 Å². The number of ether oxygens (including phenoxy) is 2. The minimum atomic E-state index is -2.86. The fourth-order valence-corrected chi connectivity index (χ4v) is 2.08. The molecule has 0 amide bonds. The van der Waals surface area contributed by atoms with Crippen molar-refractivity contribution >= 4 is 11.6 Å². The van der Waals surface area contributed by atoms with E-state index in [4.69, 9.17) is 16.3 Å². The number of halogens is 3. The Balaban J connectivity index is 2.10. The molecule has 0 spiro atoms. The summed E-state index contributed by atoms with van der Waals surface area (Å²) < 4.78 is 33.8. The quantitative estimate of drug-likeness (QED) is 0.764. The second-order valence-electron chi connectivity index (χ2n) is 4.17. The molecule has 112 valence electrons. The summed E-state index contributed by atoms with van der Waals surface area (Å²) in [6.07, 6.45) is 1.80. The van der Waals surface area contributed by atoms with E-state index in [1.807, 2.05) is 0 Å². The molecule has 0 aliphatic heterocycles. The van der Waals surface area contributed by atoms with Gasteiger partial charge < -0.3 is 9.47 Å². The summed E-state index contributed by atoms with van der Waals surface area (Å²) in [5.74, 6) is 0.520. The number of benzene rings is 1. The van der Waals surface area contributed by atoms with Gasteiger partial charge in [-0.3, -0.25) is 0 Å². The Bertz CT molecular complexity index is 599. The fourth-order valence-electron chi connectivity index (χ4n) is 1.79. The highest BCUT2D eigenvalue weighted by molar-refractivity contribution is 6.20. The average Bonchev–Trinajstić information content (AvgIpc) is 2.47. The molecule has 0 aliphatic rings. The zero-order chi connectivity index (χ0) is 15.2. The molecule has 0 saturated carbocycles. The van der Waals surface area contributed by atoms with Crippen LogP contribution in [-0.2, 0) is 6.42 Å². The zero-order valence-electron chi connectivity index (χ0n) is 11.2. The van der Waals surface area contributed by atoms with Crippen LogP contribution in [0.4, 0.5) is 8.78 Å². The molecule has 0 fully saturated rings. The Morgan fingerprint density at radius 3 is 2.76 bits per heavy atom. The third-order valence-corrected chi connectivity index (χ3v) is 3.15. The van der Waals surface area contributed by atoms with Crippen LogP contribution < -0.4 is 9.47 Å². The summed E-state index contributed by atoms with van der Waals surface area (Å²) in [5, 5.41) is -0.425. The van der Waals surface area contributed by atoms with Crippen LogP contribution >= 0.6 is 11.6 Å². The maximum Gasteiger partial charge on any atom is 0.387 e. The molecule has 4 nitrogen and oxygen atoms in total. The lowest BCUT2D eigenvalue weighted by Crippen LogP contribution is -2.03. The molecule has 0 radical (unpaired) electrons. The van der Waals surface area contributed by atoms with Gasteiger partial charge in [-0.25, -0.2) is 9.97 Å². The smallest absolute Gasteiger partial charge is 0.387 e. The fraction of sp³-hybridized carbons (Fsp3) is 0.286. The number of methoxy groups -OCH3 is 1. The van der Waals surface area contributed by atoms with E-state index < -0.39 is 12.0 Å². The van der Waals surface area contributed by atoms with Gasteiger partial charge in [-0.2, -0.15) is 8.78 Å². The van der Waals surface area contributed by atoms with Gasteiger partial charge in [0.2, 0.25) is 5.88 Å². The van der Waals surface area contributed by atoms with Crippen LogP contribution in [-0.4, -0.2) is 23.7 Å². The van der Waals surface area contributed by atoms with Gasteiger partial charge in [0.15, 0.2) is 0 Å². The van der Waals surface area contributed by atoms with E-state index in [1.54, 1.807) is 18.2 Å². The summed E-state index contributed by atoms with van der Waals surface area (Å²) >= 11 is 6.30. The van der Waals surface area contributed by atoms with E-state index in [9.17, 15) is 8.78 Å². The van der Waals surface area contributed by atoms with Crippen molar-refractivity contribution in [1.29, 1.82) is 0 Å². The van der Waals surface area contributed by atoms with E-state index in [0.29, 0.717) is 23.6 Å². The van der Waals surface area contributed by atoms with E-state index in [2.05, 4.69) is 14.7 Å². The van der Waals surface area contributed by atoms with Crippen molar-refractivity contribution in [3.63, 3.8) is 0 Å². The van der Waals surface area contributed by atoms with Crippen molar-refractivity contribution in [1.82, 2.24) is 9.97 Å². The molecule has 1 aromatic heterocycles. The maximum absolute atomic E-state index is 12.2. The monoisotopic (exact) mass is 314 g/mol. The molecule has 2 rings (SSSR count). The van der Waals surface area contributed by atoms with Crippen LogP contribution in [0.5, 0.6) is 11.6 Å². The SMILES string of the molecule is COc1cc(CC(Cl)c2cccc(OC(F)F)c2)ncn1. The molecule has 1 unspecified atom stereocenters. The van der Waals surface area contributed by atoms with Crippen LogP contribution in [0, 0.1) is 0 Å². The minimum absolute atomic E-state index is 0.0772. The highest BCUT2D eigenvalue weighted by Crippen LogP contribution is 2.28. The second kappa shape index (κ2) is 7.17. The summed E-state index contributed by atoms with van der Waals surface area (Å²) in [6, 6.07) is 7.97. The molecule has 0 saturated heterocycles. The molecule has 21 heavy (non-hydrogen) atoms. The van der Waals surface area contributed by atoms with E-state index in [0.717, 1.165) is 0 Å². The number of hydrogen-bond donors (Lipinski definition) is 0. The molecule has 7 heteroatoms. The molecule has 0 bridgehead atoms. The van der Waals surface area contributed by atoms with Crippen LogP contribution in [0.1, 0.15) is 16.6 Å². The first-order valence-electron chi connectivity index (χ1n) is 6.12. The van der Waals surface area contributed by atoms with Gasteiger partial charge in [0, 0.05) is 18.2 Å². The van der Waals surface area contributed by atoms with Gasteiger partial charge in [-0.05, 0) is 17.7 Å². The summed E-state index contributed by atoms with van der Waals surface area (Å²) in [5.41, 5.74) is 1.37. The standard InChI is InChI=1S/C14H13ClF2N2O2/c1-20-13-7-10(18-8-19-13)6-12(15)9-3-2-4-11(5-9)21-14(16)17/h2-5,7-8,12,14H,6H2,1H3. The highest BCUT2D eigenvalue weighted by atomic mass is 35.5. The van der Waals surface area contributed by atoms with Crippen LogP contribution in [0.3, 0.4) is 0 Å². The lowest BCUT2D eigenvalue weighted by molar-refractivity contribution is -0.0498. The Morgan fingerprint density at radius 2 is 2.05 bits per heavy atom. The van der Waals surface area contributed by atoms with E-state index in [1.165, 1.54) is 25.6 Å². The first-order chi connectivity index (χ1) is 10.1. The number of rotatable bonds is 6. The van der Waals surface area contributed by atoms with Gasteiger partial charge in [0.25, 0.3) is 0 Å². The molecule has 0 N–H and O–H groups in total. The number of alkyl halides is 3. The minimum Gasteiger partial charge on any atom is -0.481 e. The molecule has 1 heterocycles. The van der Waals surface area contributed by atoms with Crippen molar-refractivity contribution in [2.24, 2.45) is 0 Å². The number of hydrogen-bond acceptors (Lipinski definition) is 4. The van der Waals surface area contributed by atoms with Crippen LogP contribution in [0.15, 0.2) is 36.7 Å². The summed E-state index contributed by atoms with van der Waals surface area (Å²) in [7, 11) is 1.51. The van der Waals surface area contributed by atoms with Gasteiger partial charge in [-0.15, -0.1) is 11.6 Å². The van der Waals surface area contributed by atoms with Crippen molar-refractivity contribution < 1.29 is 18.3 Å². The molecule has 2 aromatic rings. The lowest BCUT2D eigenvalue weighted by Gasteiger charge is -2.12. The topological polar surface area (TPSA) is 44.2 Å². The molecule has 1 atom stereocenters. The Morgan fingerprint density at radius 1 is 1.24 bits per heavy atom. The summed E-state index contributed by atoms with van der Waals surface area (Å²) in [4.78, 5) is 8.00. The first-order valence-corrected chi connectivity index (χ1v) is 6.56. The molecule has 0 aliphatic carbocycles.